The Labute approximate surface area is 193 Å². The summed E-state index contributed by atoms with van der Waals surface area (Å²) in [5.74, 6) is 2.36. The number of ether oxygens (including phenoxy) is 4. The number of rotatable bonds is 13. The monoisotopic (exact) mass is 451 g/mol. The summed E-state index contributed by atoms with van der Waals surface area (Å²) in [7, 11) is 0. The molecule has 174 valence electrons. The summed E-state index contributed by atoms with van der Waals surface area (Å²) < 4.78 is 22.0. The number of nitrogens with zero attached hydrogens (tertiary/aromatic N) is 2. The maximum Gasteiger partial charge on any atom is 0.258 e. The highest BCUT2D eigenvalue weighted by Gasteiger charge is 2.05. The van der Waals surface area contributed by atoms with Crippen molar-refractivity contribution < 1.29 is 23.7 Å². The highest BCUT2D eigenvalue weighted by molar-refractivity contribution is 5.77. The van der Waals surface area contributed by atoms with Crippen LogP contribution in [0.5, 0.6) is 23.1 Å². The summed E-state index contributed by atoms with van der Waals surface area (Å²) in [5, 5.41) is 11.0. The van der Waals surface area contributed by atoms with Gasteiger partial charge in [0.1, 0.15) is 23.9 Å². The van der Waals surface area contributed by atoms with Gasteiger partial charge in [-0.15, -0.1) is 10.2 Å². The first kappa shape index (κ1) is 23.8. The van der Waals surface area contributed by atoms with Gasteiger partial charge in [0, 0.05) is 11.6 Å². The minimum Gasteiger partial charge on any atom is -0.494 e. The van der Waals surface area contributed by atoms with E-state index in [1.165, 1.54) is 0 Å². The van der Waals surface area contributed by atoms with E-state index in [9.17, 15) is 4.79 Å². The van der Waals surface area contributed by atoms with E-state index in [-0.39, 0.29) is 19.1 Å². The van der Waals surface area contributed by atoms with Crippen LogP contribution in [-0.2, 0) is 4.79 Å². The lowest BCUT2D eigenvalue weighted by molar-refractivity contribution is -0.123. The van der Waals surface area contributed by atoms with E-state index in [1.54, 1.807) is 18.2 Å². The molecule has 3 aromatic rings. The fourth-order valence-corrected chi connectivity index (χ4v) is 2.84. The first-order valence-electron chi connectivity index (χ1n) is 11.0. The molecule has 3 rings (SSSR count). The second kappa shape index (κ2) is 12.9. The van der Waals surface area contributed by atoms with Crippen molar-refractivity contribution in [2.24, 2.45) is 0 Å². The van der Waals surface area contributed by atoms with E-state index in [4.69, 9.17) is 18.9 Å². The molecule has 0 spiro atoms. The van der Waals surface area contributed by atoms with Crippen LogP contribution in [0.25, 0.3) is 11.3 Å². The molecule has 0 saturated heterocycles. The highest BCUT2D eigenvalue weighted by atomic mass is 16.5. The molecule has 8 heteroatoms. The van der Waals surface area contributed by atoms with Crippen LogP contribution in [0.3, 0.4) is 0 Å². The molecule has 0 aliphatic heterocycles. The van der Waals surface area contributed by atoms with Gasteiger partial charge in [0.15, 0.2) is 6.61 Å². The molecule has 2 aromatic carbocycles. The zero-order chi connectivity index (χ0) is 23.3. The van der Waals surface area contributed by atoms with Gasteiger partial charge in [-0.25, -0.2) is 0 Å². The number of hydrogen-bond donors (Lipinski definition) is 1. The van der Waals surface area contributed by atoms with Gasteiger partial charge in [0.05, 0.1) is 25.5 Å². The summed E-state index contributed by atoms with van der Waals surface area (Å²) in [4.78, 5) is 11.9. The number of hydrogen-bond acceptors (Lipinski definition) is 7. The van der Waals surface area contributed by atoms with Crippen molar-refractivity contribution in [1.29, 1.82) is 0 Å². The molecule has 33 heavy (non-hydrogen) atoms. The molecule has 0 aliphatic rings. The van der Waals surface area contributed by atoms with Gasteiger partial charge in [0.25, 0.3) is 5.91 Å². The standard InChI is InChI=1S/C25H29N3O5/c1-3-16-31-21-9-11-22(12-10-21)33-18-24(29)26-15-17-32-25-14-13-23(27-28-25)19-5-7-20(8-6-19)30-4-2/h5-14H,3-4,15-18H2,1-2H3,(H,26,29). The van der Waals surface area contributed by atoms with Gasteiger partial charge in [0.2, 0.25) is 5.88 Å². The molecule has 1 aromatic heterocycles. The van der Waals surface area contributed by atoms with Crippen LogP contribution in [0, 0.1) is 0 Å². The molecule has 1 heterocycles. The summed E-state index contributed by atoms with van der Waals surface area (Å²) >= 11 is 0. The van der Waals surface area contributed by atoms with Crippen LogP contribution in [-0.4, -0.2) is 49.1 Å². The predicted octanol–water partition coefficient (Wildman–Crippen LogP) is 3.91. The molecular weight excluding hydrogens is 422 g/mol. The average molecular weight is 452 g/mol. The Bertz CT molecular complexity index is 976. The Hall–Kier alpha value is -3.81. The van der Waals surface area contributed by atoms with E-state index in [2.05, 4.69) is 22.4 Å². The van der Waals surface area contributed by atoms with Crippen molar-refractivity contribution in [3.05, 3.63) is 60.7 Å². The molecule has 0 unspecified atom stereocenters. The van der Waals surface area contributed by atoms with Crippen LogP contribution < -0.4 is 24.3 Å². The molecule has 0 atom stereocenters. The molecule has 0 saturated carbocycles. The summed E-state index contributed by atoms with van der Waals surface area (Å²) in [6.07, 6.45) is 0.948. The van der Waals surface area contributed by atoms with Gasteiger partial charge < -0.3 is 24.3 Å². The fourth-order valence-electron chi connectivity index (χ4n) is 2.84. The lowest BCUT2D eigenvalue weighted by Crippen LogP contribution is -2.32. The van der Waals surface area contributed by atoms with Crippen molar-refractivity contribution in [1.82, 2.24) is 15.5 Å². The quantitative estimate of drug-likeness (QED) is 0.394. The van der Waals surface area contributed by atoms with E-state index < -0.39 is 0 Å². The molecule has 0 bridgehead atoms. The predicted molar refractivity (Wildman–Crippen MR) is 125 cm³/mol. The number of carbonyl (C=O) groups excluding carboxylic acids is 1. The van der Waals surface area contributed by atoms with E-state index >= 15 is 0 Å². The second-order valence-electron chi connectivity index (χ2n) is 7.02. The second-order valence-corrected chi connectivity index (χ2v) is 7.02. The summed E-state index contributed by atoms with van der Waals surface area (Å²) in [6.45, 7) is 5.81. The van der Waals surface area contributed by atoms with E-state index in [0.29, 0.717) is 31.4 Å². The first-order valence-corrected chi connectivity index (χ1v) is 11.0. The Balaban J connectivity index is 1.34. The number of carbonyl (C=O) groups is 1. The minimum absolute atomic E-state index is 0.0776. The molecule has 0 aliphatic carbocycles. The maximum atomic E-state index is 11.9. The molecule has 1 amide bonds. The lowest BCUT2D eigenvalue weighted by atomic mass is 10.1. The van der Waals surface area contributed by atoms with Gasteiger partial charge >= 0.3 is 0 Å². The van der Waals surface area contributed by atoms with Gasteiger partial charge in [-0.1, -0.05) is 6.92 Å². The SMILES string of the molecule is CCCOc1ccc(OCC(=O)NCCOc2ccc(-c3ccc(OCC)cc3)nn2)cc1. The van der Waals surface area contributed by atoms with Crippen LogP contribution in [0.2, 0.25) is 0 Å². The summed E-state index contributed by atoms with van der Waals surface area (Å²) in [6, 6.07) is 18.4. The van der Waals surface area contributed by atoms with Crippen LogP contribution in [0.1, 0.15) is 20.3 Å². The van der Waals surface area contributed by atoms with Crippen molar-refractivity contribution in [2.45, 2.75) is 20.3 Å². The Morgan fingerprint density at radius 2 is 1.42 bits per heavy atom. The number of benzene rings is 2. The van der Waals surface area contributed by atoms with Crippen LogP contribution in [0.4, 0.5) is 0 Å². The first-order chi connectivity index (χ1) is 16.2. The third kappa shape index (κ3) is 7.99. The smallest absolute Gasteiger partial charge is 0.258 e. The molecule has 8 nitrogen and oxygen atoms in total. The number of nitrogens with one attached hydrogen (secondary N) is 1. The zero-order valence-electron chi connectivity index (χ0n) is 19.0. The van der Waals surface area contributed by atoms with Crippen molar-refractivity contribution in [3.8, 4) is 34.4 Å². The van der Waals surface area contributed by atoms with Gasteiger partial charge in [-0.3, -0.25) is 4.79 Å². The molecular formula is C25H29N3O5. The van der Waals surface area contributed by atoms with Crippen LogP contribution in [0.15, 0.2) is 60.7 Å². The minimum atomic E-state index is -0.234. The third-order valence-corrected chi connectivity index (χ3v) is 4.44. The van der Waals surface area contributed by atoms with Crippen molar-refractivity contribution >= 4 is 5.91 Å². The number of aromatic nitrogens is 2. The van der Waals surface area contributed by atoms with E-state index in [1.807, 2.05) is 49.4 Å². The zero-order valence-corrected chi connectivity index (χ0v) is 19.0. The third-order valence-electron chi connectivity index (χ3n) is 4.44. The van der Waals surface area contributed by atoms with E-state index in [0.717, 1.165) is 29.2 Å². The normalized spacial score (nSPS) is 10.4. The molecule has 0 radical (unpaired) electrons. The molecule has 0 fully saturated rings. The van der Waals surface area contributed by atoms with Gasteiger partial charge in [-0.05, 0) is 67.9 Å². The summed E-state index contributed by atoms with van der Waals surface area (Å²) in [5.41, 5.74) is 1.67. The number of amides is 1. The van der Waals surface area contributed by atoms with Gasteiger partial charge in [-0.2, -0.15) is 0 Å². The van der Waals surface area contributed by atoms with Crippen LogP contribution >= 0.6 is 0 Å². The van der Waals surface area contributed by atoms with Crippen molar-refractivity contribution in [2.75, 3.05) is 33.0 Å². The topological polar surface area (TPSA) is 91.8 Å². The molecule has 1 N–H and O–H groups in total. The van der Waals surface area contributed by atoms with Crippen molar-refractivity contribution in [3.63, 3.8) is 0 Å². The Kier molecular flexibility index (Phi) is 9.32. The Morgan fingerprint density at radius 1 is 0.758 bits per heavy atom. The lowest BCUT2D eigenvalue weighted by Gasteiger charge is -2.09. The Morgan fingerprint density at radius 3 is 2.06 bits per heavy atom. The largest absolute Gasteiger partial charge is 0.494 e. The fraction of sp³-hybridized carbons (Fsp3) is 0.320. The highest BCUT2D eigenvalue weighted by Crippen LogP contribution is 2.21. The average Bonchev–Trinajstić information content (AvgIpc) is 2.86. The maximum absolute atomic E-state index is 11.9.